The van der Waals surface area contributed by atoms with Crippen molar-refractivity contribution in [2.45, 2.75) is 72.3 Å². The van der Waals surface area contributed by atoms with E-state index < -0.39 is 0 Å². The van der Waals surface area contributed by atoms with Crippen LogP contribution in [0.25, 0.3) is 0 Å². The third-order valence-electron chi connectivity index (χ3n) is 6.26. The molecule has 1 saturated carbocycles. The van der Waals surface area contributed by atoms with E-state index in [9.17, 15) is 9.90 Å². The van der Waals surface area contributed by atoms with Crippen LogP contribution in [0.4, 0.5) is 0 Å². The number of aliphatic hydroxyl groups is 1. The number of ether oxygens (including phenoxy) is 1. The van der Waals surface area contributed by atoms with Crippen LogP contribution < -0.4 is 0 Å². The predicted molar refractivity (Wildman–Crippen MR) is 102 cm³/mol. The summed E-state index contributed by atoms with van der Waals surface area (Å²) in [5.41, 5.74) is 3.59. The van der Waals surface area contributed by atoms with E-state index >= 15 is 0 Å². The Labute approximate surface area is 152 Å². The van der Waals surface area contributed by atoms with Gasteiger partial charge in [0.25, 0.3) is 0 Å². The first kappa shape index (κ1) is 20.0. The van der Waals surface area contributed by atoms with Crippen LogP contribution in [-0.4, -0.2) is 23.8 Å². The second kappa shape index (κ2) is 8.35. The molecule has 0 unspecified atom stereocenters. The lowest BCUT2D eigenvalue weighted by Crippen LogP contribution is -2.33. The zero-order valence-corrected chi connectivity index (χ0v) is 16.3. The molecule has 140 valence electrons. The van der Waals surface area contributed by atoms with Crippen LogP contribution in [-0.2, 0) is 9.53 Å². The SMILES string of the molecule is C=C(C)[C@H]1CC[C@@]2(C)C[C@@H](OC(C)=O)/C(CO)=C/CC/C(C)=C/C[C@H]12. The molecule has 0 spiro atoms. The topological polar surface area (TPSA) is 46.5 Å². The summed E-state index contributed by atoms with van der Waals surface area (Å²) in [7, 11) is 0. The molecule has 0 aromatic rings. The Balaban J connectivity index is 2.40. The predicted octanol–water partition coefficient (Wildman–Crippen LogP) is 4.97. The Hall–Kier alpha value is -1.35. The molecule has 2 aliphatic rings. The zero-order valence-electron chi connectivity index (χ0n) is 16.3. The molecule has 0 saturated heterocycles. The molecule has 0 aliphatic heterocycles. The number of carbonyl (C=O) groups is 1. The number of esters is 1. The normalized spacial score (nSPS) is 37.7. The third kappa shape index (κ3) is 4.84. The minimum absolute atomic E-state index is 0.0502. The molecule has 0 heterocycles. The van der Waals surface area contributed by atoms with Gasteiger partial charge in [-0.2, -0.15) is 0 Å². The van der Waals surface area contributed by atoms with E-state index in [-0.39, 0.29) is 24.1 Å². The Morgan fingerprint density at radius 2 is 2.12 bits per heavy atom. The van der Waals surface area contributed by atoms with Crippen LogP contribution in [0.5, 0.6) is 0 Å². The molecule has 1 N–H and O–H groups in total. The summed E-state index contributed by atoms with van der Waals surface area (Å²) in [4.78, 5) is 11.7. The van der Waals surface area contributed by atoms with Gasteiger partial charge in [0.15, 0.2) is 0 Å². The van der Waals surface area contributed by atoms with Crippen molar-refractivity contribution in [2.75, 3.05) is 6.61 Å². The molecule has 25 heavy (non-hydrogen) atoms. The van der Waals surface area contributed by atoms with Gasteiger partial charge in [-0.25, -0.2) is 0 Å². The maximum Gasteiger partial charge on any atom is 0.303 e. The lowest BCUT2D eigenvalue weighted by molar-refractivity contribution is -0.146. The minimum Gasteiger partial charge on any atom is -0.458 e. The number of hydrogen-bond acceptors (Lipinski definition) is 3. The molecule has 2 rings (SSSR count). The Morgan fingerprint density at radius 3 is 2.72 bits per heavy atom. The van der Waals surface area contributed by atoms with Crippen molar-refractivity contribution in [2.24, 2.45) is 17.3 Å². The summed E-state index contributed by atoms with van der Waals surface area (Å²) >= 11 is 0. The first-order valence-corrected chi connectivity index (χ1v) is 9.55. The highest BCUT2D eigenvalue weighted by Gasteiger charge is 2.46. The smallest absolute Gasteiger partial charge is 0.303 e. The van der Waals surface area contributed by atoms with Gasteiger partial charge in [-0.05, 0) is 75.2 Å². The van der Waals surface area contributed by atoms with Gasteiger partial charge < -0.3 is 9.84 Å². The van der Waals surface area contributed by atoms with E-state index in [2.05, 4.69) is 39.5 Å². The molecule has 3 nitrogen and oxygen atoms in total. The largest absolute Gasteiger partial charge is 0.458 e. The van der Waals surface area contributed by atoms with Crippen LogP contribution >= 0.6 is 0 Å². The van der Waals surface area contributed by atoms with Crippen LogP contribution in [0.3, 0.4) is 0 Å². The number of carbonyl (C=O) groups excluding carboxylic acids is 1. The van der Waals surface area contributed by atoms with Crippen LogP contribution in [0.1, 0.15) is 66.2 Å². The summed E-state index contributed by atoms with van der Waals surface area (Å²) in [6.07, 6.45) is 10.1. The molecular formula is C22H34O3. The average molecular weight is 347 g/mol. The Kier molecular flexibility index (Phi) is 6.67. The summed E-state index contributed by atoms with van der Waals surface area (Å²) in [5, 5.41) is 9.87. The van der Waals surface area contributed by atoms with Crippen LogP contribution in [0.15, 0.2) is 35.5 Å². The second-order valence-corrected chi connectivity index (χ2v) is 8.32. The highest BCUT2D eigenvalue weighted by molar-refractivity contribution is 5.66. The van der Waals surface area contributed by atoms with Gasteiger partial charge >= 0.3 is 5.97 Å². The van der Waals surface area contributed by atoms with Gasteiger partial charge in [0.05, 0.1) is 6.61 Å². The number of aliphatic hydroxyl groups excluding tert-OH is 1. The molecule has 0 radical (unpaired) electrons. The van der Waals surface area contributed by atoms with E-state index in [1.807, 2.05) is 0 Å². The molecule has 0 aromatic heterocycles. The third-order valence-corrected chi connectivity index (χ3v) is 6.26. The number of hydrogen-bond donors (Lipinski definition) is 1. The Bertz CT molecular complexity index is 572. The van der Waals surface area contributed by atoms with E-state index in [1.165, 1.54) is 18.1 Å². The second-order valence-electron chi connectivity index (χ2n) is 8.32. The van der Waals surface area contributed by atoms with Crippen molar-refractivity contribution in [1.29, 1.82) is 0 Å². The molecule has 0 amide bonds. The van der Waals surface area contributed by atoms with Gasteiger partial charge in [-0.15, -0.1) is 0 Å². The molecule has 4 atom stereocenters. The van der Waals surface area contributed by atoms with Crippen molar-refractivity contribution in [3.05, 3.63) is 35.5 Å². The maximum atomic E-state index is 11.7. The van der Waals surface area contributed by atoms with E-state index in [0.29, 0.717) is 11.8 Å². The molecule has 1 fully saturated rings. The molecule has 3 heteroatoms. The maximum absolute atomic E-state index is 11.7. The first-order valence-electron chi connectivity index (χ1n) is 9.55. The van der Waals surface area contributed by atoms with Gasteiger partial charge in [0.1, 0.15) is 6.10 Å². The summed E-state index contributed by atoms with van der Waals surface area (Å²) in [6, 6.07) is 0. The summed E-state index contributed by atoms with van der Waals surface area (Å²) in [5.74, 6) is 0.758. The zero-order chi connectivity index (χ0) is 18.6. The van der Waals surface area contributed by atoms with Gasteiger partial charge in [0.2, 0.25) is 0 Å². The van der Waals surface area contributed by atoms with Crippen molar-refractivity contribution in [3.8, 4) is 0 Å². The van der Waals surface area contributed by atoms with Crippen LogP contribution in [0, 0.1) is 17.3 Å². The van der Waals surface area contributed by atoms with Crippen LogP contribution in [0.2, 0.25) is 0 Å². The van der Waals surface area contributed by atoms with Gasteiger partial charge in [0, 0.05) is 6.92 Å². The quantitative estimate of drug-likeness (QED) is 0.580. The van der Waals surface area contributed by atoms with Crippen molar-refractivity contribution < 1.29 is 14.6 Å². The lowest BCUT2D eigenvalue weighted by atomic mass is 9.70. The molecule has 0 bridgehead atoms. The number of rotatable bonds is 3. The Morgan fingerprint density at radius 1 is 1.40 bits per heavy atom. The fourth-order valence-corrected chi connectivity index (χ4v) is 4.74. The summed E-state index contributed by atoms with van der Waals surface area (Å²) < 4.78 is 5.66. The van der Waals surface area contributed by atoms with E-state index in [4.69, 9.17) is 4.74 Å². The first-order chi connectivity index (χ1) is 11.8. The highest BCUT2D eigenvalue weighted by Crippen LogP contribution is 2.54. The van der Waals surface area contributed by atoms with Crippen molar-refractivity contribution in [1.82, 2.24) is 0 Å². The molecule has 2 aliphatic carbocycles. The van der Waals surface area contributed by atoms with Crippen molar-refractivity contribution in [3.63, 3.8) is 0 Å². The van der Waals surface area contributed by atoms with Gasteiger partial charge in [-0.3, -0.25) is 4.79 Å². The van der Waals surface area contributed by atoms with Crippen molar-refractivity contribution >= 4 is 5.97 Å². The molecular weight excluding hydrogens is 312 g/mol. The minimum atomic E-state index is -0.322. The van der Waals surface area contributed by atoms with E-state index in [0.717, 1.165) is 44.1 Å². The number of fused-ring (bicyclic) bond motifs is 1. The average Bonchev–Trinajstić information content (AvgIpc) is 2.84. The summed E-state index contributed by atoms with van der Waals surface area (Å²) in [6.45, 7) is 12.3. The van der Waals surface area contributed by atoms with E-state index in [1.54, 1.807) is 0 Å². The van der Waals surface area contributed by atoms with Gasteiger partial charge in [-0.1, -0.05) is 36.8 Å². The monoisotopic (exact) mass is 346 g/mol. The highest BCUT2D eigenvalue weighted by atomic mass is 16.5. The lowest BCUT2D eigenvalue weighted by Gasteiger charge is -2.37. The standard InChI is InChI=1S/C22H34O3/c1-15(2)19-11-12-22(5)13-21(25-17(4)24)18(14-23)8-6-7-16(3)9-10-20(19)22/h8-9,19-21,23H,1,6-7,10-14H2,2-5H3/b16-9+,18-8+/t19-,20-,21-,22+/m1/s1. The number of allylic oxidation sites excluding steroid dienone is 4. The fourth-order valence-electron chi connectivity index (χ4n) is 4.74. The molecule has 0 aromatic carbocycles. The fraction of sp³-hybridized carbons (Fsp3) is 0.682.